The standard InChI is InChI=1S/C25H31FN2O/c1-16(2)22-13-21(11-17(3)24(22)27-23(29)14-25(4,5)6)28-10-9-18-12-20(26)8-7-19(18)15-28/h7-8,11-13H,1,9-10,14-15H2,2-6H3,(H,27,29). The number of halogens is 1. The van der Waals surface area contributed by atoms with Gasteiger partial charge in [-0.1, -0.05) is 33.4 Å². The van der Waals surface area contributed by atoms with Gasteiger partial charge in [0.15, 0.2) is 0 Å². The van der Waals surface area contributed by atoms with E-state index in [9.17, 15) is 9.18 Å². The Hall–Kier alpha value is -2.62. The molecule has 4 heteroatoms. The molecular weight excluding hydrogens is 363 g/mol. The molecule has 0 saturated heterocycles. The smallest absolute Gasteiger partial charge is 0.224 e. The Morgan fingerprint density at radius 1 is 1.21 bits per heavy atom. The van der Waals surface area contributed by atoms with Crippen molar-refractivity contribution in [2.24, 2.45) is 5.41 Å². The van der Waals surface area contributed by atoms with Gasteiger partial charge >= 0.3 is 0 Å². The van der Waals surface area contributed by atoms with E-state index in [1.807, 2.05) is 19.9 Å². The van der Waals surface area contributed by atoms with E-state index in [4.69, 9.17) is 0 Å². The molecule has 2 aromatic rings. The van der Waals surface area contributed by atoms with E-state index in [0.717, 1.165) is 58.7 Å². The summed E-state index contributed by atoms with van der Waals surface area (Å²) in [4.78, 5) is 14.8. The molecule has 2 aromatic carbocycles. The second-order valence-corrected chi connectivity index (χ2v) is 9.34. The Balaban J connectivity index is 1.89. The number of fused-ring (bicyclic) bond motifs is 1. The first-order valence-corrected chi connectivity index (χ1v) is 10.2. The van der Waals surface area contributed by atoms with E-state index in [-0.39, 0.29) is 17.1 Å². The summed E-state index contributed by atoms with van der Waals surface area (Å²) in [6.07, 6.45) is 1.28. The van der Waals surface area contributed by atoms with Crippen molar-refractivity contribution < 1.29 is 9.18 Å². The van der Waals surface area contributed by atoms with Crippen LogP contribution in [0.25, 0.3) is 5.57 Å². The molecule has 3 rings (SSSR count). The Bertz CT molecular complexity index is 956. The molecule has 0 unspecified atom stereocenters. The average molecular weight is 395 g/mol. The number of carbonyl (C=O) groups is 1. The number of anilines is 2. The normalized spacial score (nSPS) is 13.8. The molecule has 0 aromatic heterocycles. The first kappa shape index (κ1) is 21.1. The van der Waals surface area contributed by atoms with Gasteiger partial charge in [0.1, 0.15) is 5.82 Å². The van der Waals surface area contributed by atoms with Crippen LogP contribution in [0.15, 0.2) is 36.9 Å². The lowest BCUT2D eigenvalue weighted by Gasteiger charge is -2.32. The molecule has 0 atom stereocenters. The summed E-state index contributed by atoms with van der Waals surface area (Å²) in [6, 6.07) is 9.28. The average Bonchev–Trinajstić information content (AvgIpc) is 2.61. The van der Waals surface area contributed by atoms with Crippen molar-refractivity contribution in [3.63, 3.8) is 0 Å². The van der Waals surface area contributed by atoms with Gasteiger partial charge in [-0.2, -0.15) is 0 Å². The number of nitrogens with zero attached hydrogens (tertiary/aromatic N) is 1. The number of allylic oxidation sites excluding steroid dienone is 1. The molecule has 154 valence electrons. The predicted molar refractivity (Wildman–Crippen MR) is 120 cm³/mol. The molecule has 0 radical (unpaired) electrons. The third-order valence-corrected chi connectivity index (χ3v) is 5.28. The lowest BCUT2D eigenvalue weighted by atomic mass is 9.91. The van der Waals surface area contributed by atoms with Crippen LogP contribution in [-0.4, -0.2) is 12.5 Å². The Labute approximate surface area is 173 Å². The van der Waals surface area contributed by atoms with Gasteiger partial charge in [0.25, 0.3) is 0 Å². The van der Waals surface area contributed by atoms with Crippen LogP contribution in [0.5, 0.6) is 0 Å². The molecule has 1 heterocycles. The molecule has 1 aliphatic heterocycles. The summed E-state index contributed by atoms with van der Waals surface area (Å²) < 4.78 is 13.5. The minimum absolute atomic E-state index is 0.0183. The van der Waals surface area contributed by atoms with Gasteiger partial charge in [-0.05, 0) is 72.2 Å². The maximum absolute atomic E-state index is 13.5. The second kappa shape index (κ2) is 8.02. The van der Waals surface area contributed by atoms with E-state index in [1.165, 1.54) is 6.07 Å². The van der Waals surface area contributed by atoms with Crippen LogP contribution in [0.2, 0.25) is 0 Å². The Morgan fingerprint density at radius 2 is 1.93 bits per heavy atom. The predicted octanol–water partition coefficient (Wildman–Crippen LogP) is 6.10. The molecule has 0 bridgehead atoms. The largest absolute Gasteiger partial charge is 0.367 e. The molecule has 1 amide bonds. The first-order valence-electron chi connectivity index (χ1n) is 10.2. The summed E-state index contributed by atoms with van der Waals surface area (Å²) in [7, 11) is 0. The van der Waals surface area contributed by atoms with E-state index >= 15 is 0 Å². The summed E-state index contributed by atoms with van der Waals surface area (Å²) in [5.74, 6) is -0.155. The van der Waals surface area contributed by atoms with Crippen molar-refractivity contribution in [2.75, 3.05) is 16.8 Å². The molecule has 29 heavy (non-hydrogen) atoms. The monoisotopic (exact) mass is 394 g/mol. The fourth-order valence-corrected chi connectivity index (χ4v) is 3.86. The summed E-state index contributed by atoms with van der Waals surface area (Å²) in [5.41, 5.74) is 7.03. The van der Waals surface area contributed by atoms with E-state index < -0.39 is 0 Å². The van der Waals surface area contributed by atoms with Crippen LogP contribution >= 0.6 is 0 Å². The van der Waals surface area contributed by atoms with Crippen LogP contribution in [0.1, 0.15) is 56.4 Å². The fraction of sp³-hybridized carbons (Fsp3) is 0.400. The van der Waals surface area contributed by atoms with Crippen molar-refractivity contribution in [1.29, 1.82) is 0 Å². The van der Waals surface area contributed by atoms with Gasteiger partial charge in [0.2, 0.25) is 5.91 Å². The molecular formula is C25H31FN2O. The van der Waals surface area contributed by atoms with Crippen molar-refractivity contribution in [3.05, 3.63) is 65.0 Å². The minimum Gasteiger partial charge on any atom is -0.367 e. The van der Waals surface area contributed by atoms with Crippen molar-refractivity contribution >= 4 is 22.9 Å². The van der Waals surface area contributed by atoms with Crippen LogP contribution < -0.4 is 10.2 Å². The Kier molecular flexibility index (Phi) is 5.83. The van der Waals surface area contributed by atoms with E-state index in [2.05, 4.69) is 49.7 Å². The number of benzene rings is 2. The van der Waals surface area contributed by atoms with Crippen LogP contribution in [-0.2, 0) is 17.8 Å². The van der Waals surface area contributed by atoms with E-state index in [0.29, 0.717) is 6.42 Å². The number of carbonyl (C=O) groups excluding carboxylic acids is 1. The second-order valence-electron chi connectivity index (χ2n) is 9.34. The summed E-state index contributed by atoms with van der Waals surface area (Å²) >= 11 is 0. The van der Waals surface area contributed by atoms with Gasteiger partial charge < -0.3 is 10.2 Å². The summed E-state index contributed by atoms with van der Waals surface area (Å²) in [6.45, 7) is 15.9. The lowest BCUT2D eigenvalue weighted by Crippen LogP contribution is -2.30. The molecule has 1 aliphatic rings. The molecule has 0 saturated carbocycles. The first-order chi connectivity index (χ1) is 13.5. The molecule has 0 spiro atoms. The Morgan fingerprint density at radius 3 is 2.59 bits per heavy atom. The quantitative estimate of drug-likeness (QED) is 0.679. The maximum Gasteiger partial charge on any atom is 0.224 e. The number of hydrogen-bond donors (Lipinski definition) is 1. The molecule has 0 aliphatic carbocycles. The molecule has 1 N–H and O–H groups in total. The van der Waals surface area contributed by atoms with Gasteiger partial charge in [-0.15, -0.1) is 0 Å². The van der Waals surface area contributed by atoms with Gasteiger partial charge in [-0.3, -0.25) is 4.79 Å². The summed E-state index contributed by atoms with van der Waals surface area (Å²) in [5, 5.41) is 3.11. The third-order valence-electron chi connectivity index (χ3n) is 5.28. The topological polar surface area (TPSA) is 32.3 Å². The van der Waals surface area contributed by atoms with E-state index in [1.54, 1.807) is 6.07 Å². The number of hydrogen-bond acceptors (Lipinski definition) is 2. The number of aryl methyl sites for hydroxylation is 1. The zero-order valence-corrected chi connectivity index (χ0v) is 18.2. The van der Waals surface area contributed by atoms with Crippen molar-refractivity contribution in [2.45, 2.75) is 54.0 Å². The highest BCUT2D eigenvalue weighted by Gasteiger charge is 2.21. The zero-order chi connectivity index (χ0) is 21.3. The third kappa shape index (κ3) is 5.06. The maximum atomic E-state index is 13.5. The minimum atomic E-state index is -0.173. The number of nitrogens with one attached hydrogen (secondary N) is 1. The van der Waals surface area contributed by atoms with Crippen LogP contribution in [0, 0.1) is 18.2 Å². The van der Waals surface area contributed by atoms with Gasteiger partial charge in [0, 0.05) is 30.8 Å². The number of amides is 1. The van der Waals surface area contributed by atoms with Gasteiger partial charge in [-0.25, -0.2) is 4.39 Å². The van der Waals surface area contributed by atoms with Crippen molar-refractivity contribution in [1.82, 2.24) is 0 Å². The highest BCUT2D eigenvalue weighted by molar-refractivity contribution is 5.96. The molecule has 0 fully saturated rings. The lowest BCUT2D eigenvalue weighted by molar-refractivity contribution is -0.117. The highest BCUT2D eigenvalue weighted by Crippen LogP contribution is 2.34. The number of rotatable bonds is 4. The fourth-order valence-electron chi connectivity index (χ4n) is 3.86. The highest BCUT2D eigenvalue weighted by atomic mass is 19.1. The van der Waals surface area contributed by atoms with Crippen LogP contribution in [0.4, 0.5) is 15.8 Å². The van der Waals surface area contributed by atoms with Gasteiger partial charge in [0.05, 0.1) is 5.69 Å². The van der Waals surface area contributed by atoms with Crippen molar-refractivity contribution in [3.8, 4) is 0 Å². The SMILES string of the molecule is C=C(C)c1cc(N2CCc3cc(F)ccc3C2)cc(C)c1NC(=O)CC(C)(C)C. The molecule has 3 nitrogen and oxygen atoms in total. The van der Waals surface area contributed by atoms with Crippen LogP contribution in [0.3, 0.4) is 0 Å². The zero-order valence-electron chi connectivity index (χ0n) is 18.2.